The first kappa shape index (κ1) is 21.0. The first-order chi connectivity index (χ1) is 16.1. The molecule has 0 bridgehead atoms. The normalized spacial score (nSPS) is 11.2. The summed E-state index contributed by atoms with van der Waals surface area (Å²) in [6, 6.07) is 22.4. The largest absolute Gasteiger partial charge is 0.452 e. The van der Waals surface area contributed by atoms with Gasteiger partial charge >= 0.3 is 5.97 Å². The van der Waals surface area contributed by atoms with Crippen LogP contribution in [0, 0.1) is 6.92 Å². The lowest BCUT2D eigenvalue weighted by Crippen LogP contribution is -2.20. The number of rotatable bonds is 5. The standard InChI is InChI=1S/C25H20N4O3S/c1-16-26-27-25(33-2)28(16)18-13-11-17(12-14-18)24(31)32-15-23(30)29-21-9-5-3-7-19(21)20-8-4-6-10-22(20)29/h3-14H,15H2,1-2H3. The number of hydrogen-bond acceptors (Lipinski definition) is 6. The Kier molecular flexibility index (Phi) is 5.43. The Morgan fingerprint density at radius 1 is 0.879 bits per heavy atom. The quantitative estimate of drug-likeness (QED) is 0.276. The summed E-state index contributed by atoms with van der Waals surface area (Å²) in [7, 11) is 0. The van der Waals surface area contributed by atoms with Gasteiger partial charge in [0, 0.05) is 16.5 Å². The minimum absolute atomic E-state index is 0.304. The first-order valence-electron chi connectivity index (χ1n) is 10.3. The molecule has 0 atom stereocenters. The SMILES string of the molecule is CSc1nnc(C)n1-c1ccc(C(=O)OCC(=O)n2c3ccccc3c3ccccc32)cc1. The van der Waals surface area contributed by atoms with Crippen LogP contribution in [0.1, 0.15) is 21.0 Å². The number of aromatic nitrogens is 4. The molecular formula is C25H20N4O3S. The van der Waals surface area contributed by atoms with Crippen LogP contribution in [0.5, 0.6) is 0 Å². The number of ether oxygens (including phenoxy) is 1. The molecule has 7 nitrogen and oxygen atoms in total. The Bertz CT molecular complexity index is 1450. The van der Waals surface area contributed by atoms with Crippen LogP contribution in [0.15, 0.2) is 78.0 Å². The molecular weight excluding hydrogens is 436 g/mol. The predicted molar refractivity (Wildman–Crippen MR) is 128 cm³/mol. The molecule has 0 radical (unpaired) electrons. The summed E-state index contributed by atoms with van der Waals surface area (Å²) in [4.78, 5) is 25.7. The molecule has 5 aromatic rings. The smallest absolute Gasteiger partial charge is 0.338 e. The number of carbonyl (C=O) groups is 2. The van der Waals surface area contributed by atoms with Gasteiger partial charge in [-0.3, -0.25) is 13.9 Å². The minimum atomic E-state index is -0.554. The lowest BCUT2D eigenvalue weighted by Gasteiger charge is -2.09. The van der Waals surface area contributed by atoms with E-state index in [0.717, 1.165) is 38.5 Å². The van der Waals surface area contributed by atoms with Crippen molar-refractivity contribution in [1.29, 1.82) is 0 Å². The topological polar surface area (TPSA) is 79.0 Å². The van der Waals surface area contributed by atoms with Crippen molar-refractivity contribution in [3.8, 4) is 5.69 Å². The van der Waals surface area contributed by atoms with E-state index in [4.69, 9.17) is 4.74 Å². The Morgan fingerprint density at radius 3 is 2.09 bits per heavy atom. The fraction of sp³-hybridized carbons (Fsp3) is 0.120. The minimum Gasteiger partial charge on any atom is -0.452 e. The third-order valence-electron chi connectivity index (χ3n) is 5.50. The number of benzene rings is 3. The number of aryl methyl sites for hydroxylation is 1. The van der Waals surface area contributed by atoms with Gasteiger partial charge in [-0.1, -0.05) is 48.2 Å². The number of carbonyl (C=O) groups excluding carboxylic acids is 2. The highest BCUT2D eigenvalue weighted by Gasteiger charge is 2.18. The van der Waals surface area contributed by atoms with E-state index in [-0.39, 0.29) is 12.5 Å². The Balaban J connectivity index is 1.35. The molecule has 0 saturated carbocycles. The van der Waals surface area contributed by atoms with Crippen molar-refractivity contribution in [2.45, 2.75) is 12.1 Å². The van der Waals surface area contributed by atoms with Crippen LogP contribution in [-0.4, -0.2) is 44.1 Å². The van der Waals surface area contributed by atoms with Crippen molar-refractivity contribution in [2.75, 3.05) is 12.9 Å². The first-order valence-corrected chi connectivity index (χ1v) is 11.6. The highest BCUT2D eigenvalue weighted by Crippen LogP contribution is 2.28. The molecule has 2 heterocycles. The fourth-order valence-electron chi connectivity index (χ4n) is 3.99. The zero-order chi connectivity index (χ0) is 22.9. The van der Waals surface area contributed by atoms with Crippen LogP contribution < -0.4 is 0 Å². The Morgan fingerprint density at radius 2 is 1.48 bits per heavy atom. The van der Waals surface area contributed by atoms with E-state index in [1.165, 1.54) is 11.8 Å². The summed E-state index contributed by atoms with van der Waals surface area (Å²) >= 11 is 1.49. The molecule has 0 N–H and O–H groups in total. The van der Waals surface area contributed by atoms with E-state index >= 15 is 0 Å². The van der Waals surface area contributed by atoms with Crippen molar-refractivity contribution in [3.05, 3.63) is 84.2 Å². The van der Waals surface area contributed by atoms with Gasteiger partial charge in [-0.05, 0) is 49.6 Å². The maximum atomic E-state index is 13.1. The van der Waals surface area contributed by atoms with E-state index in [1.807, 2.05) is 78.4 Å². The van der Waals surface area contributed by atoms with Crippen LogP contribution in [0.25, 0.3) is 27.5 Å². The molecule has 8 heteroatoms. The van der Waals surface area contributed by atoms with Crippen molar-refractivity contribution in [3.63, 3.8) is 0 Å². The van der Waals surface area contributed by atoms with Gasteiger partial charge in [-0.25, -0.2) is 4.79 Å². The van der Waals surface area contributed by atoms with Crippen LogP contribution in [0.2, 0.25) is 0 Å². The third kappa shape index (κ3) is 3.68. The van der Waals surface area contributed by atoms with Gasteiger partial charge in [0.1, 0.15) is 5.82 Å². The molecule has 0 spiro atoms. The van der Waals surface area contributed by atoms with E-state index in [2.05, 4.69) is 10.2 Å². The third-order valence-corrected chi connectivity index (χ3v) is 6.12. The van der Waals surface area contributed by atoms with E-state index in [1.54, 1.807) is 16.7 Å². The molecule has 0 saturated heterocycles. The number of esters is 1. The molecule has 0 unspecified atom stereocenters. The van der Waals surface area contributed by atoms with Crippen molar-refractivity contribution in [1.82, 2.24) is 19.3 Å². The Labute approximate surface area is 194 Å². The monoisotopic (exact) mass is 456 g/mol. The number of hydrogen-bond donors (Lipinski definition) is 0. The second-order valence-electron chi connectivity index (χ2n) is 7.46. The average molecular weight is 457 g/mol. The summed E-state index contributed by atoms with van der Waals surface area (Å²) in [6.07, 6.45) is 1.93. The van der Waals surface area contributed by atoms with Gasteiger partial charge in [0.25, 0.3) is 5.91 Å². The van der Waals surface area contributed by atoms with Crippen LogP contribution in [-0.2, 0) is 4.74 Å². The number of fused-ring (bicyclic) bond motifs is 3. The van der Waals surface area contributed by atoms with Crippen molar-refractivity contribution in [2.24, 2.45) is 0 Å². The summed E-state index contributed by atoms with van der Waals surface area (Å²) < 4.78 is 8.89. The van der Waals surface area contributed by atoms with Gasteiger partial charge < -0.3 is 4.74 Å². The average Bonchev–Trinajstić information content (AvgIpc) is 3.40. The summed E-state index contributed by atoms with van der Waals surface area (Å²) in [5.74, 6) is -0.102. The van der Waals surface area contributed by atoms with E-state index in [9.17, 15) is 9.59 Å². The van der Waals surface area contributed by atoms with E-state index in [0.29, 0.717) is 5.56 Å². The molecule has 0 amide bonds. The molecule has 0 aliphatic heterocycles. The van der Waals surface area contributed by atoms with Crippen LogP contribution >= 0.6 is 11.8 Å². The molecule has 2 aromatic heterocycles. The van der Waals surface area contributed by atoms with Crippen molar-refractivity contribution < 1.29 is 14.3 Å². The summed E-state index contributed by atoms with van der Waals surface area (Å²) in [6.45, 7) is 1.51. The summed E-state index contributed by atoms with van der Waals surface area (Å²) in [5, 5.41) is 11.0. The second-order valence-corrected chi connectivity index (χ2v) is 8.23. The van der Waals surface area contributed by atoms with Crippen LogP contribution in [0.4, 0.5) is 0 Å². The summed E-state index contributed by atoms with van der Waals surface area (Å²) in [5.41, 5.74) is 2.79. The highest BCUT2D eigenvalue weighted by atomic mass is 32.2. The maximum Gasteiger partial charge on any atom is 0.338 e. The fourth-order valence-corrected chi connectivity index (χ4v) is 4.53. The number of thioether (sulfide) groups is 1. The lowest BCUT2D eigenvalue weighted by molar-refractivity contribution is 0.0452. The van der Waals surface area contributed by atoms with Gasteiger partial charge in [-0.2, -0.15) is 0 Å². The van der Waals surface area contributed by atoms with Crippen molar-refractivity contribution >= 4 is 45.4 Å². The molecule has 3 aromatic carbocycles. The van der Waals surface area contributed by atoms with Gasteiger partial charge in [0.15, 0.2) is 11.8 Å². The van der Waals surface area contributed by atoms with E-state index < -0.39 is 5.97 Å². The second kappa shape index (κ2) is 8.55. The molecule has 0 aliphatic carbocycles. The van der Waals surface area contributed by atoms with Gasteiger partial charge in [-0.15, -0.1) is 10.2 Å². The number of nitrogens with zero attached hydrogens (tertiary/aromatic N) is 4. The molecule has 164 valence electrons. The zero-order valence-corrected chi connectivity index (χ0v) is 18.9. The number of para-hydroxylation sites is 2. The predicted octanol–water partition coefficient (Wildman–Crippen LogP) is 4.90. The van der Waals surface area contributed by atoms with Gasteiger partial charge in [0.05, 0.1) is 16.6 Å². The van der Waals surface area contributed by atoms with Crippen LogP contribution in [0.3, 0.4) is 0 Å². The molecule has 33 heavy (non-hydrogen) atoms. The molecule has 5 rings (SSSR count). The molecule has 0 aliphatic rings. The van der Waals surface area contributed by atoms with Gasteiger partial charge in [0.2, 0.25) is 0 Å². The lowest BCUT2D eigenvalue weighted by atomic mass is 10.2. The maximum absolute atomic E-state index is 13.1. The highest BCUT2D eigenvalue weighted by molar-refractivity contribution is 7.98. The zero-order valence-electron chi connectivity index (χ0n) is 18.1. The molecule has 0 fully saturated rings. The Hall–Kier alpha value is -3.91.